The SMILES string of the molecule is CC=C(C(=O)O)C1CCC(C)=C2CCC(C)(O)C2C1. The van der Waals surface area contributed by atoms with Crippen LogP contribution in [0.1, 0.15) is 52.9 Å². The van der Waals surface area contributed by atoms with Gasteiger partial charge in [-0.3, -0.25) is 0 Å². The summed E-state index contributed by atoms with van der Waals surface area (Å²) in [5, 5.41) is 19.9. The molecule has 0 heterocycles. The summed E-state index contributed by atoms with van der Waals surface area (Å²) in [6.45, 7) is 5.83. The lowest BCUT2D eigenvalue weighted by Crippen LogP contribution is -2.31. The zero-order valence-electron chi connectivity index (χ0n) is 12.1. The molecule has 2 aliphatic carbocycles. The van der Waals surface area contributed by atoms with Crippen LogP contribution in [0.3, 0.4) is 0 Å². The van der Waals surface area contributed by atoms with Crippen LogP contribution in [0.15, 0.2) is 22.8 Å². The number of carbonyl (C=O) groups is 1. The number of aliphatic hydroxyl groups is 1. The lowest BCUT2D eigenvalue weighted by Gasteiger charge is -2.29. The standard InChI is InChI=1S/C16H24O3/c1-4-12(15(17)18)11-6-5-10(2)13-7-8-16(3,19)14(13)9-11/h4,11,14,19H,5-9H2,1-3H3,(H,17,18). The van der Waals surface area contributed by atoms with Gasteiger partial charge in [-0.2, -0.15) is 0 Å². The van der Waals surface area contributed by atoms with Gasteiger partial charge in [-0.05, 0) is 58.8 Å². The van der Waals surface area contributed by atoms with Crippen molar-refractivity contribution in [3.05, 3.63) is 22.8 Å². The highest BCUT2D eigenvalue weighted by Crippen LogP contribution is 2.48. The second-order valence-corrected chi connectivity index (χ2v) is 6.24. The average Bonchev–Trinajstić information content (AvgIpc) is 2.52. The first-order valence-electron chi connectivity index (χ1n) is 7.17. The van der Waals surface area contributed by atoms with Crippen molar-refractivity contribution in [2.75, 3.05) is 0 Å². The first-order valence-corrected chi connectivity index (χ1v) is 7.17. The Morgan fingerprint density at radius 2 is 2.11 bits per heavy atom. The van der Waals surface area contributed by atoms with E-state index in [1.54, 1.807) is 13.0 Å². The summed E-state index contributed by atoms with van der Waals surface area (Å²) in [5.74, 6) is -0.620. The van der Waals surface area contributed by atoms with Crippen molar-refractivity contribution < 1.29 is 15.0 Å². The van der Waals surface area contributed by atoms with Crippen LogP contribution in [0, 0.1) is 11.8 Å². The fourth-order valence-electron chi connectivity index (χ4n) is 3.79. The highest BCUT2D eigenvalue weighted by molar-refractivity contribution is 5.87. The van der Waals surface area contributed by atoms with Crippen molar-refractivity contribution >= 4 is 5.97 Å². The lowest BCUT2D eigenvalue weighted by atomic mass is 9.80. The van der Waals surface area contributed by atoms with Crippen molar-refractivity contribution in [2.45, 2.75) is 58.5 Å². The molecular formula is C16H24O3. The highest BCUT2D eigenvalue weighted by Gasteiger charge is 2.43. The molecule has 19 heavy (non-hydrogen) atoms. The van der Waals surface area contributed by atoms with Crippen molar-refractivity contribution in [2.24, 2.45) is 11.8 Å². The molecule has 0 radical (unpaired) electrons. The van der Waals surface area contributed by atoms with Crippen molar-refractivity contribution in [3.8, 4) is 0 Å². The van der Waals surface area contributed by atoms with E-state index < -0.39 is 11.6 Å². The number of allylic oxidation sites excluding steroid dienone is 2. The molecular weight excluding hydrogens is 240 g/mol. The van der Waals surface area contributed by atoms with Crippen LogP contribution >= 0.6 is 0 Å². The Kier molecular flexibility index (Phi) is 3.86. The molecule has 0 bridgehead atoms. The van der Waals surface area contributed by atoms with Crippen LogP contribution in [0.2, 0.25) is 0 Å². The van der Waals surface area contributed by atoms with E-state index in [2.05, 4.69) is 6.92 Å². The molecule has 106 valence electrons. The smallest absolute Gasteiger partial charge is 0.331 e. The van der Waals surface area contributed by atoms with Crippen molar-refractivity contribution in [3.63, 3.8) is 0 Å². The van der Waals surface area contributed by atoms with E-state index >= 15 is 0 Å². The van der Waals surface area contributed by atoms with Gasteiger partial charge in [0.05, 0.1) is 5.60 Å². The summed E-state index contributed by atoms with van der Waals surface area (Å²) in [6, 6.07) is 0. The van der Waals surface area contributed by atoms with Crippen molar-refractivity contribution in [1.29, 1.82) is 0 Å². The van der Waals surface area contributed by atoms with Gasteiger partial charge in [0.25, 0.3) is 0 Å². The zero-order chi connectivity index (χ0) is 14.2. The molecule has 1 fully saturated rings. The minimum Gasteiger partial charge on any atom is -0.478 e. The number of hydrogen-bond donors (Lipinski definition) is 2. The molecule has 0 aromatic rings. The molecule has 3 atom stereocenters. The first kappa shape index (κ1) is 14.3. The average molecular weight is 264 g/mol. The second kappa shape index (κ2) is 5.12. The number of rotatable bonds is 2. The Morgan fingerprint density at radius 3 is 2.68 bits per heavy atom. The normalized spacial score (nSPS) is 36.1. The molecule has 2 rings (SSSR count). The summed E-state index contributed by atoms with van der Waals surface area (Å²) < 4.78 is 0. The van der Waals surface area contributed by atoms with Crippen LogP contribution in [-0.4, -0.2) is 21.8 Å². The molecule has 0 aromatic heterocycles. The molecule has 3 heteroatoms. The van der Waals surface area contributed by atoms with Crippen LogP contribution in [0.5, 0.6) is 0 Å². The topological polar surface area (TPSA) is 57.5 Å². The third-order valence-corrected chi connectivity index (χ3v) is 5.01. The zero-order valence-corrected chi connectivity index (χ0v) is 12.1. The molecule has 0 aromatic carbocycles. The van der Waals surface area contributed by atoms with E-state index in [4.69, 9.17) is 0 Å². The van der Waals surface area contributed by atoms with E-state index in [0.717, 1.165) is 32.1 Å². The number of carboxylic acids is 1. The first-order chi connectivity index (χ1) is 8.86. The molecule has 0 spiro atoms. The van der Waals surface area contributed by atoms with E-state index in [9.17, 15) is 15.0 Å². The Bertz CT molecular complexity index is 443. The van der Waals surface area contributed by atoms with E-state index in [-0.39, 0.29) is 11.8 Å². The van der Waals surface area contributed by atoms with Gasteiger partial charge in [0.2, 0.25) is 0 Å². The summed E-state index contributed by atoms with van der Waals surface area (Å²) in [7, 11) is 0. The number of aliphatic carboxylic acids is 1. The van der Waals surface area contributed by atoms with Crippen LogP contribution in [0.25, 0.3) is 0 Å². The molecule has 3 nitrogen and oxygen atoms in total. The fourth-order valence-corrected chi connectivity index (χ4v) is 3.79. The molecule has 2 aliphatic rings. The largest absolute Gasteiger partial charge is 0.478 e. The maximum absolute atomic E-state index is 11.3. The number of hydrogen-bond acceptors (Lipinski definition) is 2. The van der Waals surface area contributed by atoms with Crippen LogP contribution in [-0.2, 0) is 4.79 Å². The van der Waals surface area contributed by atoms with Crippen LogP contribution in [0.4, 0.5) is 0 Å². The minimum atomic E-state index is -0.814. The van der Waals surface area contributed by atoms with Gasteiger partial charge in [0, 0.05) is 11.5 Å². The third kappa shape index (κ3) is 2.62. The van der Waals surface area contributed by atoms with Crippen LogP contribution < -0.4 is 0 Å². The predicted molar refractivity (Wildman–Crippen MR) is 74.8 cm³/mol. The molecule has 1 saturated carbocycles. The Balaban J connectivity index is 2.30. The highest BCUT2D eigenvalue weighted by atomic mass is 16.4. The van der Waals surface area contributed by atoms with Crippen molar-refractivity contribution in [1.82, 2.24) is 0 Å². The Hall–Kier alpha value is -1.09. The minimum absolute atomic E-state index is 0.0597. The van der Waals surface area contributed by atoms with Gasteiger partial charge in [-0.15, -0.1) is 0 Å². The predicted octanol–water partition coefficient (Wildman–Crippen LogP) is 3.29. The molecule has 2 N–H and O–H groups in total. The fraction of sp³-hybridized carbons (Fsp3) is 0.688. The second-order valence-electron chi connectivity index (χ2n) is 6.24. The maximum Gasteiger partial charge on any atom is 0.331 e. The maximum atomic E-state index is 11.3. The molecule has 0 amide bonds. The van der Waals surface area contributed by atoms with E-state index in [1.165, 1.54) is 11.1 Å². The van der Waals surface area contributed by atoms with Gasteiger partial charge in [-0.1, -0.05) is 17.2 Å². The summed E-state index contributed by atoms with van der Waals surface area (Å²) >= 11 is 0. The summed E-state index contributed by atoms with van der Waals surface area (Å²) in [5.41, 5.74) is 2.59. The Labute approximate surface area is 115 Å². The quantitative estimate of drug-likeness (QED) is 0.594. The molecule has 0 saturated heterocycles. The monoisotopic (exact) mass is 264 g/mol. The lowest BCUT2D eigenvalue weighted by molar-refractivity contribution is -0.133. The summed E-state index contributed by atoms with van der Waals surface area (Å²) in [6.07, 6.45) is 6.09. The third-order valence-electron chi connectivity index (χ3n) is 5.01. The van der Waals surface area contributed by atoms with E-state index in [0.29, 0.717) is 5.57 Å². The molecule has 0 aliphatic heterocycles. The van der Waals surface area contributed by atoms with E-state index in [1.807, 2.05) is 6.92 Å². The molecule has 3 unspecified atom stereocenters. The van der Waals surface area contributed by atoms with Gasteiger partial charge in [0.15, 0.2) is 0 Å². The number of fused-ring (bicyclic) bond motifs is 1. The Morgan fingerprint density at radius 1 is 1.42 bits per heavy atom. The summed E-state index contributed by atoms with van der Waals surface area (Å²) in [4.78, 5) is 11.3. The van der Waals surface area contributed by atoms with Gasteiger partial charge < -0.3 is 10.2 Å². The van der Waals surface area contributed by atoms with Gasteiger partial charge in [-0.25, -0.2) is 4.79 Å². The van der Waals surface area contributed by atoms with Gasteiger partial charge >= 0.3 is 5.97 Å². The number of carboxylic acid groups (broad SMARTS) is 1. The van der Waals surface area contributed by atoms with Gasteiger partial charge in [0.1, 0.15) is 0 Å².